The van der Waals surface area contributed by atoms with Crippen LogP contribution in [0.4, 0.5) is 0 Å². The first-order chi connectivity index (χ1) is 16.2. The van der Waals surface area contributed by atoms with Crippen LogP contribution in [0.2, 0.25) is 0 Å². The Morgan fingerprint density at radius 3 is 2.47 bits per heavy atom. The highest BCUT2D eigenvalue weighted by Gasteiger charge is 2.29. The second-order valence-electron chi connectivity index (χ2n) is 7.84. The Kier molecular flexibility index (Phi) is 6.01. The second-order valence-corrected chi connectivity index (χ2v) is 7.84. The van der Waals surface area contributed by atoms with E-state index in [0.717, 1.165) is 11.7 Å². The van der Waals surface area contributed by atoms with Crippen molar-refractivity contribution < 1.29 is 34.0 Å². The minimum Gasteiger partial charge on any atom is -0.507 e. The highest BCUT2D eigenvalue weighted by Crippen LogP contribution is 2.36. The zero-order chi connectivity index (χ0) is 24.6. The fourth-order valence-electron chi connectivity index (χ4n) is 4.06. The van der Waals surface area contributed by atoms with Gasteiger partial charge in [0.25, 0.3) is 11.1 Å². The predicted octanol–water partition coefficient (Wildman–Crippen LogP) is 1.25. The third-order valence-corrected chi connectivity index (χ3v) is 5.67. The summed E-state index contributed by atoms with van der Waals surface area (Å²) >= 11 is 0. The number of aryl methyl sites for hydroxylation is 1. The summed E-state index contributed by atoms with van der Waals surface area (Å²) in [5, 5.41) is 20.4. The molecule has 0 radical (unpaired) electrons. The van der Waals surface area contributed by atoms with Crippen LogP contribution in [0.25, 0.3) is 10.9 Å². The number of hydrogen-bond acceptors (Lipinski definition) is 8. The number of carboxylic acid groups (broad SMARTS) is 1. The van der Waals surface area contributed by atoms with E-state index in [4.69, 9.17) is 14.2 Å². The number of benzene rings is 1. The Morgan fingerprint density at radius 1 is 1.15 bits per heavy atom. The first-order valence-corrected chi connectivity index (χ1v) is 10.4. The average Bonchev–Trinajstić information content (AvgIpc) is 2.79. The molecule has 3 N–H and O–H groups in total. The minimum atomic E-state index is -1.26. The van der Waals surface area contributed by atoms with Crippen molar-refractivity contribution in [1.82, 2.24) is 9.55 Å². The average molecular weight is 470 g/mol. The van der Waals surface area contributed by atoms with Crippen LogP contribution in [-0.4, -0.2) is 52.0 Å². The molecule has 3 aromatic rings. The van der Waals surface area contributed by atoms with E-state index in [9.17, 15) is 29.4 Å². The molecule has 2 aromatic heterocycles. The number of aromatic hydroxyl groups is 1. The maximum atomic E-state index is 13.2. The zero-order valence-corrected chi connectivity index (χ0v) is 18.4. The number of carbonyl (C=O) groups excluding carboxylic acids is 1. The van der Waals surface area contributed by atoms with Gasteiger partial charge in [0.1, 0.15) is 25.5 Å². The summed E-state index contributed by atoms with van der Waals surface area (Å²) in [6.45, 7) is 1.55. The summed E-state index contributed by atoms with van der Waals surface area (Å²) in [4.78, 5) is 52.5. The number of pyridine rings is 2. The fourth-order valence-corrected chi connectivity index (χ4v) is 4.06. The number of H-pyrrole nitrogens is 1. The first kappa shape index (κ1) is 22.9. The topological polar surface area (TPSA) is 157 Å². The van der Waals surface area contributed by atoms with Crippen LogP contribution in [0.3, 0.4) is 0 Å². The van der Waals surface area contributed by atoms with Crippen molar-refractivity contribution in [3.05, 3.63) is 61.8 Å². The number of aromatic amines is 1. The fraction of sp³-hybridized carbons (Fsp3) is 0.304. The molecule has 0 bridgehead atoms. The van der Waals surface area contributed by atoms with Gasteiger partial charge in [0.15, 0.2) is 11.5 Å². The van der Waals surface area contributed by atoms with Crippen LogP contribution >= 0.6 is 0 Å². The van der Waals surface area contributed by atoms with Crippen LogP contribution in [0.5, 0.6) is 17.2 Å². The van der Waals surface area contributed by atoms with Crippen molar-refractivity contribution in [3.8, 4) is 17.2 Å². The quantitative estimate of drug-likeness (QED) is 0.451. The Hall–Kier alpha value is -4.28. The Bertz CT molecular complexity index is 1420. The summed E-state index contributed by atoms with van der Waals surface area (Å²) in [6, 6.07) is 6.00. The number of aliphatic carboxylic acids is 1. The van der Waals surface area contributed by atoms with Gasteiger partial charge in [-0.25, -0.2) is 0 Å². The molecule has 0 spiro atoms. The first-order valence-electron chi connectivity index (χ1n) is 10.4. The van der Waals surface area contributed by atoms with E-state index in [-0.39, 0.29) is 16.8 Å². The number of carboxylic acids is 1. The van der Waals surface area contributed by atoms with E-state index in [1.807, 2.05) is 0 Å². The van der Waals surface area contributed by atoms with Crippen molar-refractivity contribution in [1.29, 1.82) is 0 Å². The minimum absolute atomic E-state index is 0.0210. The third-order valence-electron chi connectivity index (χ3n) is 5.67. The highest BCUT2D eigenvalue weighted by molar-refractivity contribution is 5.83. The van der Waals surface area contributed by atoms with Gasteiger partial charge in [0.05, 0.1) is 24.6 Å². The predicted molar refractivity (Wildman–Crippen MR) is 119 cm³/mol. The number of ether oxygens (including phenoxy) is 3. The number of nitrogens with zero attached hydrogens (tertiary/aromatic N) is 1. The number of methoxy groups -OCH3 is 1. The zero-order valence-electron chi connectivity index (χ0n) is 18.4. The van der Waals surface area contributed by atoms with Crippen LogP contribution in [-0.2, 0) is 20.9 Å². The lowest BCUT2D eigenvalue weighted by Gasteiger charge is -2.21. The molecular formula is C23H22N2O9. The molecule has 1 atom stereocenters. The molecule has 178 valence electrons. The lowest BCUT2D eigenvalue weighted by Crippen LogP contribution is -2.32. The number of hydrogen-bond donors (Lipinski definition) is 3. The van der Waals surface area contributed by atoms with Gasteiger partial charge < -0.3 is 34.0 Å². The van der Waals surface area contributed by atoms with E-state index in [0.29, 0.717) is 35.6 Å². The molecule has 34 heavy (non-hydrogen) atoms. The van der Waals surface area contributed by atoms with Crippen LogP contribution in [0, 0.1) is 6.92 Å². The summed E-state index contributed by atoms with van der Waals surface area (Å²) in [6.07, 6.45) is -0.436. The normalized spacial score (nSPS) is 13.5. The maximum absolute atomic E-state index is 13.2. The molecule has 0 aliphatic carbocycles. The van der Waals surface area contributed by atoms with Crippen molar-refractivity contribution in [2.24, 2.45) is 0 Å². The van der Waals surface area contributed by atoms with Gasteiger partial charge in [0.2, 0.25) is 0 Å². The molecule has 0 saturated carbocycles. The van der Waals surface area contributed by atoms with Gasteiger partial charge in [-0.3, -0.25) is 19.2 Å². The molecule has 0 amide bonds. The summed E-state index contributed by atoms with van der Waals surface area (Å²) in [5.41, 5.74) is -1.02. The van der Waals surface area contributed by atoms with Gasteiger partial charge >= 0.3 is 11.9 Å². The summed E-state index contributed by atoms with van der Waals surface area (Å²) in [5.74, 6) is -2.70. The number of fused-ring (bicyclic) bond motifs is 2. The summed E-state index contributed by atoms with van der Waals surface area (Å²) < 4.78 is 16.8. The van der Waals surface area contributed by atoms with Gasteiger partial charge in [0, 0.05) is 28.6 Å². The van der Waals surface area contributed by atoms with Crippen LogP contribution in [0.1, 0.15) is 29.2 Å². The molecular weight excluding hydrogens is 448 g/mol. The van der Waals surface area contributed by atoms with E-state index in [2.05, 4.69) is 4.98 Å². The van der Waals surface area contributed by atoms with Gasteiger partial charge in [-0.05, 0) is 25.1 Å². The Morgan fingerprint density at radius 2 is 1.82 bits per heavy atom. The lowest BCUT2D eigenvalue weighted by molar-refractivity contribution is -0.141. The summed E-state index contributed by atoms with van der Waals surface area (Å²) in [7, 11) is 1.16. The van der Waals surface area contributed by atoms with Crippen molar-refractivity contribution >= 4 is 22.8 Å². The van der Waals surface area contributed by atoms with Gasteiger partial charge in [-0.1, -0.05) is 0 Å². The molecule has 11 nitrogen and oxygen atoms in total. The second kappa shape index (κ2) is 8.93. The Balaban J connectivity index is 1.95. The standard InChI is InChI=1S/C23H22N2O9/c1-11-5-16(26)21(23(31)25(11)10-19(27)28)13(8-20(29)32-2)14-6-12-7-17-18(34-4-3-33-17)9-15(12)24-22(14)30/h5-7,9,13,26H,3-4,8,10H2,1-2H3,(H,24,30)(H,27,28)/t13-/m1/s1. The van der Waals surface area contributed by atoms with E-state index < -0.39 is 47.7 Å². The molecule has 4 rings (SSSR count). The van der Waals surface area contributed by atoms with Crippen LogP contribution < -0.4 is 20.6 Å². The van der Waals surface area contributed by atoms with Crippen LogP contribution in [0.15, 0.2) is 33.9 Å². The number of aromatic nitrogens is 2. The smallest absolute Gasteiger partial charge is 0.323 e. The SMILES string of the molecule is COC(=O)C[C@H](c1cc2cc3c(cc2[nH]c1=O)OCCO3)c1c(O)cc(C)n(CC(=O)O)c1=O. The molecule has 0 unspecified atom stereocenters. The monoisotopic (exact) mass is 470 g/mol. The lowest BCUT2D eigenvalue weighted by atomic mass is 9.88. The third kappa shape index (κ3) is 4.19. The van der Waals surface area contributed by atoms with E-state index in [1.54, 1.807) is 12.1 Å². The van der Waals surface area contributed by atoms with E-state index >= 15 is 0 Å². The number of carbonyl (C=O) groups is 2. The largest absolute Gasteiger partial charge is 0.507 e. The van der Waals surface area contributed by atoms with Gasteiger partial charge in [-0.2, -0.15) is 0 Å². The number of nitrogens with one attached hydrogen (secondary N) is 1. The molecule has 1 aliphatic heterocycles. The van der Waals surface area contributed by atoms with Gasteiger partial charge in [-0.15, -0.1) is 0 Å². The van der Waals surface area contributed by atoms with Crippen molar-refractivity contribution in [3.63, 3.8) is 0 Å². The highest BCUT2D eigenvalue weighted by atomic mass is 16.6. The number of rotatable bonds is 6. The maximum Gasteiger partial charge on any atom is 0.323 e. The number of esters is 1. The van der Waals surface area contributed by atoms with Crippen molar-refractivity contribution in [2.75, 3.05) is 20.3 Å². The molecule has 1 aromatic carbocycles. The molecule has 0 fully saturated rings. The Labute approximate surface area is 192 Å². The van der Waals surface area contributed by atoms with Crippen molar-refractivity contribution in [2.45, 2.75) is 25.8 Å². The molecule has 0 saturated heterocycles. The molecule has 1 aliphatic rings. The molecule has 3 heterocycles. The molecule has 11 heteroatoms. The van der Waals surface area contributed by atoms with E-state index in [1.165, 1.54) is 19.1 Å².